The molecule has 2 atom stereocenters. The van der Waals surface area contributed by atoms with Crippen LogP contribution in [0.5, 0.6) is 0 Å². The largest absolute Gasteiger partial charge is 0.462 e. The molecule has 9 heteroatoms. The van der Waals surface area contributed by atoms with Gasteiger partial charge in [0, 0.05) is 41.3 Å². The molecule has 0 saturated heterocycles. The van der Waals surface area contributed by atoms with E-state index in [-0.39, 0.29) is 36.2 Å². The van der Waals surface area contributed by atoms with Crippen molar-refractivity contribution in [3.63, 3.8) is 0 Å². The highest BCUT2D eigenvalue weighted by Crippen LogP contribution is 2.31. The van der Waals surface area contributed by atoms with E-state index in [1.807, 2.05) is 37.6 Å². The molecule has 2 aliphatic rings. The normalized spacial score (nSPS) is 16.6. The summed E-state index contributed by atoms with van der Waals surface area (Å²) in [6, 6.07) is 0. The van der Waals surface area contributed by atoms with Gasteiger partial charge in [-0.15, -0.1) is 0 Å². The fraction of sp³-hybridized carbons (Fsp3) is 0.943. The molecule has 0 N–H and O–H groups in total. The standard InChI is InChI=1S/C53H99NO6S2/c1-5-7-9-11-13-15-29-40-51(55)59-47(44-61-49-36-25-19-26-37-49)34-23-17-21-32-46(58-53(57)42-31-43-54(3)4)33-22-18-24-35-48(45-62-50-38-27-20-28-39-50)60-52(56)41-30-16-14-12-10-8-6-2/h46-50H,5-45H2,1-4H3. The number of nitrogens with zero attached hydrogens (tertiary/aromatic N) is 1. The lowest BCUT2D eigenvalue weighted by Crippen LogP contribution is -2.23. The topological polar surface area (TPSA) is 82.1 Å². The van der Waals surface area contributed by atoms with Crippen LogP contribution < -0.4 is 0 Å². The van der Waals surface area contributed by atoms with E-state index >= 15 is 0 Å². The Bertz CT molecular complexity index is 997. The molecule has 0 radical (unpaired) electrons. The minimum atomic E-state index is -0.0720. The van der Waals surface area contributed by atoms with Crippen LogP contribution in [-0.4, -0.2) is 83.8 Å². The van der Waals surface area contributed by atoms with Crippen LogP contribution in [0.1, 0.15) is 258 Å². The number of hydrogen-bond donors (Lipinski definition) is 0. The zero-order chi connectivity index (χ0) is 44.7. The van der Waals surface area contributed by atoms with E-state index in [4.69, 9.17) is 14.2 Å². The number of unbranched alkanes of at least 4 members (excludes halogenated alkanes) is 16. The number of thioether (sulfide) groups is 2. The van der Waals surface area contributed by atoms with Crippen molar-refractivity contribution in [2.75, 3.05) is 32.1 Å². The zero-order valence-corrected chi connectivity index (χ0v) is 42.7. The van der Waals surface area contributed by atoms with E-state index in [0.717, 1.165) is 114 Å². The Labute approximate surface area is 392 Å². The predicted molar refractivity (Wildman–Crippen MR) is 267 cm³/mol. The van der Waals surface area contributed by atoms with Gasteiger partial charge in [0.25, 0.3) is 0 Å². The number of ether oxygens (including phenoxy) is 3. The number of esters is 3. The van der Waals surface area contributed by atoms with E-state index < -0.39 is 0 Å². The Hall–Kier alpha value is -0.930. The second kappa shape index (κ2) is 40.4. The molecule has 7 nitrogen and oxygen atoms in total. The van der Waals surface area contributed by atoms with Crippen molar-refractivity contribution in [1.82, 2.24) is 4.90 Å². The zero-order valence-electron chi connectivity index (χ0n) is 41.1. The summed E-state index contributed by atoms with van der Waals surface area (Å²) in [7, 11) is 4.09. The van der Waals surface area contributed by atoms with Gasteiger partial charge in [-0.25, -0.2) is 0 Å². The van der Waals surface area contributed by atoms with Gasteiger partial charge in [0.15, 0.2) is 0 Å². The van der Waals surface area contributed by atoms with Gasteiger partial charge in [-0.2, -0.15) is 23.5 Å². The summed E-state index contributed by atoms with van der Waals surface area (Å²) in [5, 5.41) is 1.42. The average Bonchev–Trinajstić information content (AvgIpc) is 3.26. The third kappa shape index (κ3) is 33.5. The van der Waals surface area contributed by atoms with Crippen LogP contribution in [0, 0.1) is 0 Å². The van der Waals surface area contributed by atoms with Crippen LogP contribution in [0.3, 0.4) is 0 Å². The van der Waals surface area contributed by atoms with Crippen LogP contribution in [-0.2, 0) is 28.6 Å². The number of carbonyl (C=O) groups excluding carboxylic acids is 3. The lowest BCUT2D eigenvalue weighted by Gasteiger charge is -2.24. The Morgan fingerprint density at radius 1 is 0.435 bits per heavy atom. The number of rotatable bonds is 41. The summed E-state index contributed by atoms with van der Waals surface area (Å²) in [4.78, 5) is 41.0. The minimum absolute atomic E-state index is 0.00575. The van der Waals surface area contributed by atoms with Crippen molar-refractivity contribution in [2.24, 2.45) is 0 Å². The van der Waals surface area contributed by atoms with Crippen LogP contribution in [0.25, 0.3) is 0 Å². The molecule has 364 valence electrons. The highest BCUT2D eigenvalue weighted by atomic mass is 32.2. The monoisotopic (exact) mass is 910 g/mol. The van der Waals surface area contributed by atoms with Gasteiger partial charge < -0.3 is 19.1 Å². The van der Waals surface area contributed by atoms with Crippen molar-refractivity contribution in [3.05, 3.63) is 0 Å². The summed E-state index contributed by atoms with van der Waals surface area (Å²) < 4.78 is 18.5. The van der Waals surface area contributed by atoms with Gasteiger partial charge in [-0.05, 0) is 117 Å². The SMILES string of the molecule is CCCCCCCCCC(=O)OC(CCCCCC(CCCCCC(CSC1CCCCC1)OC(=O)CCCCCCCCC)OC(=O)CCCN(C)C)CSC1CCCCC1. The first-order chi connectivity index (χ1) is 30.3. The molecule has 0 heterocycles. The van der Waals surface area contributed by atoms with Crippen molar-refractivity contribution >= 4 is 41.4 Å². The quantitative estimate of drug-likeness (QED) is 0.0338. The summed E-state index contributed by atoms with van der Waals surface area (Å²) in [5.74, 6) is 1.74. The van der Waals surface area contributed by atoms with Gasteiger partial charge in [0.2, 0.25) is 0 Å². The molecule has 0 amide bonds. The molecule has 0 aromatic rings. The smallest absolute Gasteiger partial charge is 0.306 e. The molecule has 0 aromatic heterocycles. The summed E-state index contributed by atoms with van der Waals surface area (Å²) in [6.45, 7) is 5.38. The van der Waals surface area contributed by atoms with Crippen LogP contribution in [0.15, 0.2) is 0 Å². The first-order valence-corrected chi connectivity index (χ1v) is 28.8. The molecule has 2 saturated carbocycles. The van der Waals surface area contributed by atoms with Gasteiger partial charge in [-0.1, -0.05) is 142 Å². The van der Waals surface area contributed by atoms with Gasteiger partial charge in [-0.3, -0.25) is 14.4 Å². The van der Waals surface area contributed by atoms with Crippen LogP contribution in [0.2, 0.25) is 0 Å². The third-order valence-corrected chi connectivity index (χ3v) is 16.1. The molecule has 62 heavy (non-hydrogen) atoms. The molecule has 0 aromatic carbocycles. The predicted octanol–water partition coefficient (Wildman–Crippen LogP) is 15.4. The van der Waals surface area contributed by atoms with E-state index in [0.29, 0.717) is 29.8 Å². The van der Waals surface area contributed by atoms with Gasteiger partial charge in [0.1, 0.15) is 18.3 Å². The summed E-state index contributed by atoms with van der Waals surface area (Å²) >= 11 is 4.08. The number of carbonyl (C=O) groups is 3. The minimum Gasteiger partial charge on any atom is -0.462 e. The molecule has 2 rings (SSSR count). The summed E-state index contributed by atoms with van der Waals surface area (Å²) in [6.07, 6.45) is 42.2. The van der Waals surface area contributed by atoms with E-state index in [9.17, 15) is 14.4 Å². The Kier molecular flexibility index (Phi) is 37.2. The fourth-order valence-electron chi connectivity index (χ4n) is 9.13. The molecule has 2 unspecified atom stereocenters. The second-order valence-electron chi connectivity index (χ2n) is 19.4. The fourth-order valence-corrected chi connectivity index (χ4v) is 11.9. The molecule has 2 aliphatic carbocycles. The Morgan fingerprint density at radius 2 is 0.758 bits per heavy atom. The second-order valence-corrected chi connectivity index (χ2v) is 22.1. The van der Waals surface area contributed by atoms with Gasteiger partial charge >= 0.3 is 17.9 Å². The third-order valence-electron chi connectivity index (χ3n) is 13.1. The van der Waals surface area contributed by atoms with E-state index in [1.165, 1.54) is 128 Å². The average molecular weight is 911 g/mol. The highest BCUT2D eigenvalue weighted by Gasteiger charge is 2.22. The lowest BCUT2D eigenvalue weighted by atomic mass is 10.0. The van der Waals surface area contributed by atoms with Crippen LogP contribution in [0.4, 0.5) is 0 Å². The summed E-state index contributed by atoms with van der Waals surface area (Å²) in [5.41, 5.74) is 0. The van der Waals surface area contributed by atoms with E-state index in [2.05, 4.69) is 18.7 Å². The maximum Gasteiger partial charge on any atom is 0.306 e. The molecule has 0 spiro atoms. The van der Waals surface area contributed by atoms with Gasteiger partial charge in [0.05, 0.1) is 0 Å². The molecular weight excluding hydrogens is 811 g/mol. The first-order valence-electron chi connectivity index (χ1n) is 26.7. The Morgan fingerprint density at radius 3 is 1.15 bits per heavy atom. The first kappa shape index (κ1) is 57.2. The van der Waals surface area contributed by atoms with Crippen molar-refractivity contribution in [2.45, 2.75) is 287 Å². The van der Waals surface area contributed by atoms with Crippen molar-refractivity contribution < 1.29 is 28.6 Å². The molecule has 2 fully saturated rings. The lowest BCUT2D eigenvalue weighted by molar-refractivity contribution is -0.150. The maximum atomic E-state index is 13.0. The molecular formula is C53H99NO6S2. The number of hydrogen-bond acceptors (Lipinski definition) is 9. The van der Waals surface area contributed by atoms with E-state index in [1.54, 1.807) is 0 Å². The van der Waals surface area contributed by atoms with Crippen LogP contribution >= 0.6 is 23.5 Å². The maximum absolute atomic E-state index is 13.0. The Balaban J connectivity index is 1.84. The highest BCUT2D eigenvalue weighted by molar-refractivity contribution is 8.00. The van der Waals surface area contributed by atoms with Crippen molar-refractivity contribution in [1.29, 1.82) is 0 Å². The molecule has 0 bridgehead atoms. The molecule has 0 aliphatic heterocycles. The van der Waals surface area contributed by atoms with Crippen molar-refractivity contribution in [3.8, 4) is 0 Å².